The SMILES string of the molecule is Cc1ccc(C(=O)OCC(=O)Nc2ccccc2Sc2ccccc2)o1. The minimum Gasteiger partial charge on any atom is -0.454 e. The lowest BCUT2D eigenvalue weighted by Gasteiger charge is -2.10. The van der Waals surface area contributed by atoms with Crippen LogP contribution in [0.5, 0.6) is 0 Å². The fourth-order valence-corrected chi connectivity index (χ4v) is 3.13. The van der Waals surface area contributed by atoms with E-state index >= 15 is 0 Å². The zero-order valence-corrected chi connectivity index (χ0v) is 14.9. The van der Waals surface area contributed by atoms with E-state index in [1.54, 1.807) is 30.8 Å². The monoisotopic (exact) mass is 367 g/mol. The number of anilines is 1. The van der Waals surface area contributed by atoms with E-state index < -0.39 is 11.9 Å². The highest BCUT2D eigenvalue weighted by atomic mass is 32.2. The van der Waals surface area contributed by atoms with Crippen LogP contribution in [0.3, 0.4) is 0 Å². The van der Waals surface area contributed by atoms with Crippen molar-refractivity contribution in [1.29, 1.82) is 0 Å². The molecule has 0 bridgehead atoms. The number of amides is 1. The van der Waals surface area contributed by atoms with E-state index in [-0.39, 0.29) is 12.4 Å². The zero-order chi connectivity index (χ0) is 18.4. The van der Waals surface area contributed by atoms with Crippen molar-refractivity contribution in [2.24, 2.45) is 0 Å². The molecule has 2 aromatic carbocycles. The van der Waals surface area contributed by atoms with Gasteiger partial charge in [0.25, 0.3) is 5.91 Å². The molecule has 0 saturated carbocycles. The van der Waals surface area contributed by atoms with Crippen molar-refractivity contribution in [2.45, 2.75) is 16.7 Å². The van der Waals surface area contributed by atoms with E-state index in [1.807, 2.05) is 48.5 Å². The highest BCUT2D eigenvalue weighted by molar-refractivity contribution is 7.99. The lowest BCUT2D eigenvalue weighted by molar-refractivity contribution is -0.119. The average Bonchev–Trinajstić information content (AvgIpc) is 3.09. The summed E-state index contributed by atoms with van der Waals surface area (Å²) in [6.07, 6.45) is 0. The third-order valence-electron chi connectivity index (χ3n) is 3.41. The molecule has 6 heteroatoms. The number of benzene rings is 2. The molecule has 0 spiro atoms. The van der Waals surface area contributed by atoms with Gasteiger partial charge < -0.3 is 14.5 Å². The van der Waals surface area contributed by atoms with Gasteiger partial charge in [-0.05, 0) is 43.3 Å². The number of para-hydroxylation sites is 1. The van der Waals surface area contributed by atoms with Crippen molar-refractivity contribution in [2.75, 3.05) is 11.9 Å². The molecule has 132 valence electrons. The first-order valence-electron chi connectivity index (χ1n) is 7.97. The number of hydrogen-bond donors (Lipinski definition) is 1. The van der Waals surface area contributed by atoms with Crippen LogP contribution in [0.1, 0.15) is 16.3 Å². The Kier molecular flexibility index (Phi) is 5.76. The van der Waals surface area contributed by atoms with Crippen LogP contribution in [-0.4, -0.2) is 18.5 Å². The first-order chi connectivity index (χ1) is 12.6. The second-order valence-electron chi connectivity index (χ2n) is 5.45. The Morgan fingerprint density at radius 2 is 1.73 bits per heavy atom. The van der Waals surface area contributed by atoms with Gasteiger partial charge in [-0.1, -0.05) is 42.1 Å². The molecule has 1 heterocycles. The van der Waals surface area contributed by atoms with Gasteiger partial charge in [-0.15, -0.1) is 0 Å². The summed E-state index contributed by atoms with van der Waals surface area (Å²) < 4.78 is 10.2. The van der Waals surface area contributed by atoms with Gasteiger partial charge in [0.2, 0.25) is 5.76 Å². The minimum absolute atomic E-state index is 0.0790. The van der Waals surface area contributed by atoms with Crippen molar-refractivity contribution in [3.8, 4) is 0 Å². The van der Waals surface area contributed by atoms with E-state index in [0.717, 1.165) is 9.79 Å². The maximum absolute atomic E-state index is 12.1. The van der Waals surface area contributed by atoms with E-state index in [0.29, 0.717) is 11.4 Å². The second-order valence-corrected chi connectivity index (χ2v) is 6.56. The van der Waals surface area contributed by atoms with Crippen LogP contribution >= 0.6 is 11.8 Å². The summed E-state index contributed by atoms with van der Waals surface area (Å²) in [5.41, 5.74) is 0.663. The Labute approximate surface area is 155 Å². The number of rotatable bonds is 6. The van der Waals surface area contributed by atoms with Crippen LogP contribution < -0.4 is 5.32 Å². The molecule has 0 radical (unpaired) electrons. The maximum Gasteiger partial charge on any atom is 0.374 e. The van der Waals surface area contributed by atoms with Gasteiger partial charge in [0.1, 0.15) is 5.76 Å². The van der Waals surface area contributed by atoms with Gasteiger partial charge in [-0.25, -0.2) is 4.79 Å². The first-order valence-corrected chi connectivity index (χ1v) is 8.79. The quantitative estimate of drug-likeness (QED) is 0.648. The van der Waals surface area contributed by atoms with E-state index in [1.165, 1.54) is 6.07 Å². The zero-order valence-electron chi connectivity index (χ0n) is 14.1. The lowest BCUT2D eigenvalue weighted by Crippen LogP contribution is -2.21. The van der Waals surface area contributed by atoms with Gasteiger partial charge in [-0.2, -0.15) is 0 Å². The largest absolute Gasteiger partial charge is 0.454 e. The molecule has 0 unspecified atom stereocenters. The Morgan fingerprint density at radius 1 is 1.00 bits per heavy atom. The highest BCUT2D eigenvalue weighted by Gasteiger charge is 2.14. The minimum atomic E-state index is -0.666. The lowest BCUT2D eigenvalue weighted by atomic mass is 10.3. The Balaban J connectivity index is 1.60. The summed E-state index contributed by atoms with van der Waals surface area (Å²) in [5, 5.41) is 2.78. The summed E-state index contributed by atoms with van der Waals surface area (Å²) >= 11 is 1.54. The van der Waals surface area contributed by atoms with Crippen molar-refractivity contribution >= 4 is 29.3 Å². The highest BCUT2D eigenvalue weighted by Crippen LogP contribution is 2.33. The summed E-state index contributed by atoms with van der Waals surface area (Å²) in [6, 6.07) is 20.5. The van der Waals surface area contributed by atoms with E-state index in [4.69, 9.17) is 9.15 Å². The molecule has 0 aliphatic carbocycles. The maximum atomic E-state index is 12.1. The topological polar surface area (TPSA) is 68.5 Å². The van der Waals surface area contributed by atoms with Crippen LogP contribution in [0.25, 0.3) is 0 Å². The van der Waals surface area contributed by atoms with Crippen molar-refractivity contribution in [3.05, 3.63) is 78.3 Å². The summed E-state index contributed by atoms with van der Waals surface area (Å²) in [7, 11) is 0. The van der Waals surface area contributed by atoms with Gasteiger partial charge >= 0.3 is 5.97 Å². The summed E-state index contributed by atoms with van der Waals surface area (Å²) in [4.78, 5) is 25.9. The fourth-order valence-electron chi connectivity index (χ4n) is 2.21. The average molecular weight is 367 g/mol. The molecule has 0 fully saturated rings. The third-order valence-corrected chi connectivity index (χ3v) is 4.49. The molecule has 3 rings (SSSR count). The number of furan rings is 1. The predicted octanol–water partition coefficient (Wildman–Crippen LogP) is 4.53. The fraction of sp³-hybridized carbons (Fsp3) is 0.100. The number of ether oxygens (including phenoxy) is 1. The number of hydrogen-bond acceptors (Lipinski definition) is 5. The molecule has 1 amide bonds. The Bertz CT molecular complexity index is 905. The molecule has 1 aromatic heterocycles. The number of nitrogens with one attached hydrogen (secondary N) is 1. The molecule has 1 N–H and O–H groups in total. The van der Waals surface area contributed by atoms with Crippen molar-refractivity contribution in [1.82, 2.24) is 0 Å². The molecule has 0 aliphatic heterocycles. The number of carbonyl (C=O) groups excluding carboxylic acids is 2. The van der Waals surface area contributed by atoms with Crippen LogP contribution in [0.4, 0.5) is 5.69 Å². The number of esters is 1. The summed E-state index contributed by atoms with van der Waals surface area (Å²) in [6.45, 7) is 1.34. The molecule has 0 saturated heterocycles. The van der Waals surface area contributed by atoms with Crippen molar-refractivity contribution in [3.63, 3.8) is 0 Å². The van der Waals surface area contributed by atoms with Gasteiger partial charge in [0.15, 0.2) is 6.61 Å². The second kappa shape index (κ2) is 8.40. The van der Waals surface area contributed by atoms with Gasteiger partial charge in [0.05, 0.1) is 5.69 Å². The number of aryl methyl sites for hydroxylation is 1. The smallest absolute Gasteiger partial charge is 0.374 e. The van der Waals surface area contributed by atoms with Crippen LogP contribution in [-0.2, 0) is 9.53 Å². The van der Waals surface area contributed by atoms with Crippen LogP contribution in [0.2, 0.25) is 0 Å². The van der Waals surface area contributed by atoms with Gasteiger partial charge in [0, 0.05) is 9.79 Å². The van der Waals surface area contributed by atoms with Gasteiger partial charge in [-0.3, -0.25) is 4.79 Å². The van der Waals surface area contributed by atoms with E-state index in [2.05, 4.69) is 5.32 Å². The Hall–Kier alpha value is -2.99. The summed E-state index contributed by atoms with van der Waals surface area (Å²) in [5.74, 6) is -0.397. The molecular weight excluding hydrogens is 350 g/mol. The molecule has 26 heavy (non-hydrogen) atoms. The third kappa shape index (κ3) is 4.77. The molecule has 5 nitrogen and oxygen atoms in total. The van der Waals surface area contributed by atoms with Crippen molar-refractivity contribution < 1.29 is 18.7 Å². The molecule has 0 atom stereocenters. The van der Waals surface area contributed by atoms with Crippen LogP contribution in [0, 0.1) is 6.92 Å². The molecule has 3 aromatic rings. The standard InChI is InChI=1S/C20H17NO4S/c1-14-11-12-17(25-14)20(23)24-13-19(22)21-16-9-5-6-10-18(16)26-15-7-3-2-4-8-15/h2-12H,13H2,1H3,(H,21,22). The normalized spacial score (nSPS) is 10.3. The predicted molar refractivity (Wildman–Crippen MR) is 99.4 cm³/mol. The Morgan fingerprint density at radius 3 is 2.46 bits per heavy atom. The molecular formula is C20H17NO4S. The first kappa shape index (κ1) is 17.8. The van der Waals surface area contributed by atoms with E-state index in [9.17, 15) is 9.59 Å². The number of carbonyl (C=O) groups is 2. The molecule has 0 aliphatic rings. The van der Waals surface area contributed by atoms with Crippen LogP contribution in [0.15, 0.2) is 80.9 Å².